The van der Waals surface area contributed by atoms with Gasteiger partial charge in [-0.3, -0.25) is 0 Å². The predicted octanol–water partition coefficient (Wildman–Crippen LogP) is 1.26. The number of rotatable bonds is 3. The summed E-state index contributed by atoms with van der Waals surface area (Å²) >= 11 is 1.69. The van der Waals surface area contributed by atoms with Crippen LogP contribution in [0.2, 0.25) is 0 Å². The first-order valence-electron chi connectivity index (χ1n) is 3.23. The van der Waals surface area contributed by atoms with Crippen LogP contribution in [0.5, 0.6) is 0 Å². The summed E-state index contributed by atoms with van der Waals surface area (Å²) < 4.78 is 4.92. The quantitative estimate of drug-likeness (QED) is 0.634. The Labute approximate surface area is 73.2 Å². The molecule has 0 atom stereocenters. The summed E-state index contributed by atoms with van der Waals surface area (Å²) in [6, 6.07) is 0. The minimum absolute atomic E-state index is 0. The third-order valence-corrected chi connectivity index (χ3v) is 2.05. The van der Waals surface area contributed by atoms with Crippen molar-refractivity contribution in [3.63, 3.8) is 0 Å². The van der Waals surface area contributed by atoms with E-state index in [1.165, 1.54) is 0 Å². The predicted molar refractivity (Wildman–Crippen MR) is 48.2 cm³/mol. The Morgan fingerprint density at radius 3 is 2.82 bits per heavy atom. The number of aromatic nitrogens is 1. The third kappa shape index (κ3) is 3.53. The molecule has 0 aromatic carbocycles. The van der Waals surface area contributed by atoms with Gasteiger partial charge < -0.3 is 4.74 Å². The van der Waals surface area contributed by atoms with Gasteiger partial charge in [0.2, 0.25) is 0 Å². The van der Waals surface area contributed by atoms with Gasteiger partial charge in [-0.25, -0.2) is 4.98 Å². The van der Waals surface area contributed by atoms with Crippen molar-refractivity contribution in [1.82, 2.24) is 4.98 Å². The highest BCUT2D eigenvalue weighted by Gasteiger charge is 1.95. The molecule has 0 unspecified atom stereocenters. The molecular weight excluding hydrogens is 157 g/mol. The zero-order chi connectivity index (χ0) is 7.40. The van der Waals surface area contributed by atoms with Crippen molar-refractivity contribution in [1.29, 1.82) is 0 Å². The summed E-state index contributed by atoms with van der Waals surface area (Å²) in [6.07, 6.45) is 0.931. The van der Waals surface area contributed by atoms with Gasteiger partial charge in [0.15, 0.2) is 0 Å². The number of hydrogen-bond donors (Lipinski definition) is 0. The largest absolute Gasteiger partial charge is 0.384 e. The van der Waals surface area contributed by atoms with Crippen LogP contribution in [-0.2, 0) is 11.2 Å². The molecule has 0 aliphatic rings. The molecule has 11 heavy (non-hydrogen) atoms. The van der Waals surface area contributed by atoms with Crippen LogP contribution in [0.15, 0.2) is 5.38 Å². The fourth-order valence-electron chi connectivity index (χ4n) is 0.730. The van der Waals surface area contributed by atoms with Crippen molar-refractivity contribution < 1.29 is 4.74 Å². The highest BCUT2D eigenvalue weighted by molar-refractivity contribution is 7.09. The number of aryl methyl sites for hydroxylation is 1. The Morgan fingerprint density at radius 1 is 1.64 bits per heavy atom. The Bertz CT molecular complexity index is 202. The van der Waals surface area contributed by atoms with Crippen LogP contribution in [0.25, 0.3) is 0 Å². The molecule has 2 nitrogen and oxygen atoms in total. The van der Waals surface area contributed by atoms with E-state index in [4.69, 9.17) is 4.74 Å². The lowest BCUT2D eigenvalue weighted by Crippen LogP contribution is -1.93. The second-order valence-corrected chi connectivity index (χ2v) is 3.16. The van der Waals surface area contributed by atoms with Crippen LogP contribution >= 0.6 is 11.3 Å². The van der Waals surface area contributed by atoms with Crippen molar-refractivity contribution >= 4 is 19.7 Å². The highest BCUT2D eigenvalue weighted by atomic mass is 32.1. The van der Waals surface area contributed by atoms with E-state index >= 15 is 0 Å². The maximum absolute atomic E-state index is 4.92. The fraction of sp³-hybridized carbons (Fsp3) is 0.571. The van der Waals surface area contributed by atoms with Crippen molar-refractivity contribution in [3.05, 3.63) is 16.1 Å². The molecule has 0 amide bonds. The lowest BCUT2D eigenvalue weighted by Gasteiger charge is -1.92. The molecule has 4 heteroatoms. The Balaban J connectivity index is 0.000001000. The third-order valence-electron chi connectivity index (χ3n) is 1.23. The molecule has 3 radical (unpaired) electrons. The molecule has 0 N–H and O–H groups in total. The number of thiazole rings is 1. The first-order valence-corrected chi connectivity index (χ1v) is 4.11. The lowest BCUT2D eigenvalue weighted by molar-refractivity contribution is 0.201. The van der Waals surface area contributed by atoms with E-state index < -0.39 is 0 Å². The van der Waals surface area contributed by atoms with E-state index in [1.807, 2.05) is 6.92 Å². The van der Waals surface area contributed by atoms with Crippen LogP contribution in [0.1, 0.15) is 10.7 Å². The van der Waals surface area contributed by atoms with Crippen LogP contribution < -0.4 is 0 Å². The summed E-state index contributed by atoms with van der Waals surface area (Å²) in [4.78, 5) is 4.29. The first kappa shape index (κ1) is 10.7. The SMILES string of the molecule is COCCc1csc(C)n1.[B]. The molecule has 0 spiro atoms. The molecular formula is C7H11BNOS. The molecule has 59 valence electrons. The zero-order valence-electron chi connectivity index (χ0n) is 6.83. The lowest BCUT2D eigenvalue weighted by atomic mass is 10.4. The molecule has 1 aromatic rings. The minimum Gasteiger partial charge on any atom is -0.384 e. The maximum Gasteiger partial charge on any atom is 0.0897 e. The van der Waals surface area contributed by atoms with Gasteiger partial charge in [-0.2, -0.15) is 0 Å². The second kappa shape index (κ2) is 5.32. The minimum atomic E-state index is 0. The molecule has 1 rings (SSSR count). The number of ether oxygens (including phenoxy) is 1. The van der Waals surface area contributed by atoms with E-state index in [-0.39, 0.29) is 8.41 Å². The van der Waals surface area contributed by atoms with Crippen molar-refractivity contribution in [2.45, 2.75) is 13.3 Å². The van der Waals surface area contributed by atoms with Gasteiger partial charge in [-0.05, 0) is 6.92 Å². The van der Waals surface area contributed by atoms with Gasteiger partial charge in [-0.15, -0.1) is 11.3 Å². The number of hydrogen-bond acceptors (Lipinski definition) is 3. The average Bonchev–Trinajstić information content (AvgIpc) is 2.31. The summed E-state index contributed by atoms with van der Waals surface area (Å²) in [5, 5.41) is 3.21. The van der Waals surface area contributed by atoms with Crippen LogP contribution in [0.4, 0.5) is 0 Å². The van der Waals surface area contributed by atoms with Crippen LogP contribution in [0, 0.1) is 6.92 Å². The molecule has 0 fully saturated rings. The Morgan fingerprint density at radius 2 is 2.36 bits per heavy atom. The van der Waals surface area contributed by atoms with Crippen molar-refractivity contribution in [2.24, 2.45) is 0 Å². The van der Waals surface area contributed by atoms with Gasteiger partial charge in [0.25, 0.3) is 0 Å². The number of nitrogens with zero attached hydrogens (tertiary/aromatic N) is 1. The van der Waals surface area contributed by atoms with E-state index in [9.17, 15) is 0 Å². The molecule has 0 saturated carbocycles. The maximum atomic E-state index is 4.92. The van der Waals surface area contributed by atoms with Gasteiger partial charge >= 0.3 is 0 Å². The molecule has 1 aromatic heterocycles. The van der Waals surface area contributed by atoms with Gasteiger partial charge in [0, 0.05) is 27.3 Å². The standard InChI is InChI=1S/C7H11NOS.B/c1-6-8-7(5-10-6)3-4-9-2;/h5H,3-4H2,1-2H3;. The topological polar surface area (TPSA) is 22.1 Å². The smallest absolute Gasteiger partial charge is 0.0897 e. The second-order valence-electron chi connectivity index (χ2n) is 2.10. The molecule has 0 bridgehead atoms. The summed E-state index contributed by atoms with van der Waals surface area (Å²) in [5.41, 5.74) is 1.14. The number of methoxy groups -OCH3 is 1. The average molecular weight is 168 g/mol. The zero-order valence-corrected chi connectivity index (χ0v) is 7.65. The highest BCUT2D eigenvalue weighted by Crippen LogP contribution is 2.07. The van der Waals surface area contributed by atoms with Crippen LogP contribution in [-0.4, -0.2) is 27.1 Å². The first-order chi connectivity index (χ1) is 4.83. The molecule has 0 saturated heterocycles. The normalized spacial score (nSPS) is 9.27. The molecule has 0 aliphatic heterocycles. The molecule has 1 heterocycles. The summed E-state index contributed by atoms with van der Waals surface area (Å²) in [5.74, 6) is 0. The van der Waals surface area contributed by atoms with E-state index in [1.54, 1.807) is 18.4 Å². The Hall–Kier alpha value is -0.345. The summed E-state index contributed by atoms with van der Waals surface area (Å²) in [6.45, 7) is 2.78. The Kier molecular flexibility index (Phi) is 5.16. The van der Waals surface area contributed by atoms with Crippen molar-refractivity contribution in [3.8, 4) is 0 Å². The van der Waals surface area contributed by atoms with Crippen molar-refractivity contribution in [2.75, 3.05) is 13.7 Å². The van der Waals surface area contributed by atoms with Gasteiger partial charge in [0.05, 0.1) is 17.3 Å². The fourth-order valence-corrected chi connectivity index (χ4v) is 1.38. The van der Waals surface area contributed by atoms with Gasteiger partial charge in [0.1, 0.15) is 0 Å². The van der Waals surface area contributed by atoms with E-state index in [0.29, 0.717) is 0 Å². The van der Waals surface area contributed by atoms with E-state index in [2.05, 4.69) is 10.4 Å². The molecule has 0 aliphatic carbocycles. The van der Waals surface area contributed by atoms with Gasteiger partial charge in [-0.1, -0.05) is 0 Å². The van der Waals surface area contributed by atoms with E-state index in [0.717, 1.165) is 23.7 Å². The van der Waals surface area contributed by atoms with Crippen LogP contribution in [0.3, 0.4) is 0 Å². The monoisotopic (exact) mass is 168 g/mol. The summed E-state index contributed by atoms with van der Waals surface area (Å²) in [7, 11) is 1.71.